The lowest BCUT2D eigenvalue weighted by molar-refractivity contribution is -0.956. The van der Waals surface area contributed by atoms with Gasteiger partial charge in [0.25, 0.3) is 0 Å². The maximum absolute atomic E-state index is 10.8. The normalized spacial score (nSPS) is 9.00. The molecule has 0 unspecified atom stereocenters. The molecule has 0 spiro atoms. The van der Waals surface area contributed by atoms with Gasteiger partial charge in [-0.2, -0.15) is 5.21 Å². The van der Waals surface area contributed by atoms with Crippen LogP contribution < -0.4 is 0 Å². The Hall–Kier alpha value is -1.91. The highest BCUT2D eigenvalue weighted by atomic mass is 17.0. The van der Waals surface area contributed by atoms with Gasteiger partial charge in [-0.15, -0.1) is 0 Å². The van der Waals surface area contributed by atoms with E-state index >= 15 is 0 Å². The first-order valence-corrected chi connectivity index (χ1v) is 3.13. The minimum absolute atomic E-state index is 0.201. The molecule has 1 rings (SSSR count). The topological polar surface area (TPSA) is 66.6 Å². The van der Waals surface area contributed by atoms with Gasteiger partial charge < -0.3 is 0 Å². The van der Waals surface area contributed by atoms with Crippen molar-refractivity contribution in [2.45, 2.75) is 0 Å². The van der Waals surface area contributed by atoms with E-state index in [9.17, 15) is 9.70 Å². The van der Waals surface area contributed by atoms with E-state index in [2.05, 4.69) is 4.84 Å². The van der Waals surface area contributed by atoms with Gasteiger partial charge in [0.1, 0.15) is 4.91 Å². The predicted octanol–water partition coefficient (Wildman–Crippen LogP) is 0.926. The quantitative estimate of drug-likeness (QED) is 0.667. The molecule has 0 aliphatic carbocycles. The number of benzene rings is 1. The molecule has 1 N–H and O–H groups in total. The van der Waals surface area contributed by atoms with Crippen LogP contribution in [0.2, 0.25) is 0 Å². The third kappa shape index (κ3) is 2.05. The molecule has 62 valence electrons. The second kappa shape index (κ2) is 3.47. The largest absolute Gasteiger partial charge is 0.484 e. The molecule has 0 saturated carbocycles. The molecule has 5 nitrogen and oxygen atoms in total. The van der Waals surface area contributed by atoms with Crippen molar-refractivity contribution >= 4 is 5.97 Å². The van der Waals surface area contributed by atoms with Gasteiger partial charge in [-0.3, -0.25) is 0 Å². The molecule has 0 saturated heterocycles. The lowest BCUT2D eigenvalue weighted by Gasteiger charge is -1.89. The van der Waals surface area contributed by atoms with E-state index in [4.69, 9.17) is 5.21 Å². The summed E-state index contributed by atoms with van der Waals surface area (Å²) >= 11 is 0. The van der Waals surface area contributed by atoms with Crippen LogP contribution in [0, 0.1) is 4.91 Å². The van der Waals surface area contributed by atoms with E-state index < -0.39 is 11.1 Å². The molecule has 0 aliphatic rings. The molecule has 0 amide bonds. The van der Waals surface area contributed by atoms with Crippen molar-refractivity contribution in [3.05, 3.63) is 40.8 Å². The van der Waals surface area contributed by atoms with Crippen LogP contribution in [0.3, 0.4) is 0 Å². The van der Waals surface area contributed by atoms with E-state index in [1.54, 1.807) is 18.2 Å². The first-order valence-electron chi connectivity index (χ1n) is 3.13. The Labute approximate surface area is 67.7 Å². The summed E-state index contributed by atoms with van der Waals surface area (Å²) in [5.74, 6) is -0.895. The third-order valence-corrected chi connectivity index (χ3v) is 1.17. The molecule has 0 bridgehead atoms. The Morgan fingerprint density at radius 1 is 1.33 bits per heavy atom. The lowest BCUT2D eigenvalue weighted by atomic mass is 10.2. The fourth-order valence-electron chi connectivity index (χ4n) is 0.698. The summed E-state index contributed by atoms with van der Waals surface area (Å²) in [6.45, 7) is 0. The highest BCUT2D eigenvalue weighted by Crippen LogP contribution is 1.99. The summed E-state index contributed by atoms with van der Waals surface area (Å²) in [4.78, 5) is 24.5. The van der Waals surface area contributed by atoms with Gasteiger partial charge in [0.2, 0.25) is 0 Å². The van der Waals surface area contributed by atoms with Gasteiger partial charge in [0.05, 0.1) is 5.56 Å². The Bertz CT molecular complexity index is 296. The molecular weight excluding hydrogens is 162 g/mol. The number of rotatable bonds is 2. The summed E-state index contributed by atoms with van der Waals surface area (Å²) in [5.41, 5.74) is 0.201. The average Bonchev–Trinajstić information content (AvgIpc) is 2.05. The molecule has 0 atom stereocenters. The minimum Gasteiger partial charge on any atom is -0.238 e. The van der Waals surface area contributed by atoms with Crippen molar-refractivity contribution in [2.75, 3.05) is 0 Å². The molecule has 12 heavy (non-hydrogen) atoms. The molecule has 0 aliphatic heterocycles. The Kier molecular flexibility index (Phi) is 2.37. The monoisotopic (exact) mass is 168 g/mol. The molecule has 0 fully saturated rings. The van der Waals surface area contributed by atoms with Gasteiger partial charge >= 0.3 is 11.1 Å². The zero-order valence-corrected chi connectivity index (χ0v) is 6.01. The van der Waals surface area contributed by atoms with Gasteiger partial charge in [0, 0.05) is 0 Å². The van der Waals surface area contributed by atoms with Gasteiger partial charge in [-0.05, 0) is 12.1 Å². The van der Waals surface area contributed by atoms with E-state index in [0.29, 0.717) is 0 Å². The van der Waals surface area contributed by atoms with E-state index in [0.717, 1.165) is 0 Å². The molecule has 5 heteroatoms. The van der Waals surface area contributed by atoms with Crippen molar-refractivity contribution in [3.8, 4) is 0 Å². The smallest absolute Gasteiger partial charge is 0.238 e. The maximum Gasteiger partial charge on any atom is 0.484 e. The second-order valence-corrected chi connectivity index (χ2v) is 1.98. The van der Waals surface area contributed by atoms with E-state index in [1.807, 2.05) is 0 Å². The number of carbonyl (C=O) groups is 1. The zero-order chi connectivity index (χ0) is 8.97. The van der Waals surface area contributed by atoms with Gasteiger partial charge in [-0.25, -0.2) is 4.79 Å². The number of carbonyl (C=O) groups excluding carboxylic acids is 1. The first-order chi connectivity index (χ1) is 5.70. The summed E-state index contributed by atoms with van der Waals surface area (Å²) in [6, 6.07) is 7.87. The number of hydrogen-bond donors (Lipinski definition) is 1. The SMILES string of the molecule is O=C(O[N+](=O)O)c1ccccc1. The summed E-state index contributed by atoms with van der Waals surface area (Å²) in [6.07, 6.45) is 0. The second-order valence-electron chi connectivity index (χ2n) is 1.98. The highest BCUT2D eigenvalue weighted by molar-refractivity contribution is 5.88. The predicted molar refractivity (Wildman–Crippen MR) is 37.3 cm³/mol. The molecule has 0 radical (unpaired) electrons. The molecule has 0 heterocycles. The van der Waals surface area contributed by atoms with Gasteiger partial charge in [0.15, 0.2) is 0 Å². The number of hydrogen-bond acceptors (Lipinski definition) is 3. The lowest BCUT2D eigenvalue weighted by Crippen LogP contribution is -2.11. The average molecular weight is 168 g/mol. The fraction of sp³-hybridized carbons (Fsp3) is 0. The van der Waals surface area contributed by atoms with Crippen molar-refractivity contribution in [1.29, 1.82) is 0 Å². The van der Waals surface area contributed by atoms with E-state index in [1.165, 1.54) is 12.1 Å². The third-order valence-electron chi connectivity index (χ3n) is 1.17. The van der Waals surface area contributed by atoms with Crippen molar-refractivity contribution in [3.63, 3.8) is 0 Å². The summed E-state index contributed by atoms with van der Waals surface area (Å²) in [5, 5.41) is 7.14. The van der Waals surface area contributed by atoms with E-state index in [-0.39, 0.29) is 5.56 Å². The van der Waals surface area contributed by atoms with Crippen LogP contribution in [0.1, 0.15) is 10.4 Å². The van der Waals surface area contributed by atoms with Crippen molar-refractivity contribution in [2.24, 2.45) is 0 Å². The fourth-order valence-corrected chi connectivity index (χ4v) is 0.698. The molecule has 1 aromatic rings. The Morgan fingerprint density at radius 3 is 2.42 bits per heavy atom. The zero-order valence-electron chi connectivity index (χ0n) is 6.01. The van der Waals surface area contributed by atoms with Crippen LogP contribution >= 0.6 is 0 Å². The van der Waals surface area contributed by atoms with Crippen molar-refractivity contribution in [1.82, 2.24) is 0 Å². The minimum atomic E-state index is -0.895. The first kappa shape index (κ1) is 8.19. The molecule has 1 aromatic carbocycles. The maximum atomic E-state index is 10.8. The standard InChI is InChI=1S/C7H6NO4/c9-7(12-8(10)11)6-4-2-1-3-5-6/h1-5H,(H,10,11)/q+1. The summed E-state index contributed by atoms with van der Waals surface area (Å²) in [7, 11) is 0. The van der Waals surface area contributed by atoms with Crippen LogP contribution in [0.25, 0.3) is 0 Å². The van der Waals surface area contributed by atoms with Crippen LogP contribution in [-0.2, 0) is 4.84 Å². The van der Waals surface area contributed by atoms with Crippen LogP contribution in [-0.4, -0.2) is 16.3 Å². The van der Waals surface area contributed by atoms with Gasteiger partial charge in [-0.1, -0.05) is 23.0 Å². The van der Waals surface area contributed by atoms with Crippen molar-refractivity contribution < 1.29 is 19.9 Å². The Morgan fingerprint density at radius 2 is 1.92 bits per heavy atom. The number of nitrogens with zero attached hydrogens (tertiary/aromatic N) is 1. The van der Waals surface area contributed by atoms with Crippen LogP contribution in [0.15, 0.2) is 30.3 Å². The summed E-state index contributed by atoms with van der Waals surface area (Å²) < 4.78 is 0. The highest BCUT2D eigenvalue weighted by Gasteiger charge is 2.17. The van der Waals surface area contributed by atoms with Crippen LogP contribution in [0.5, 0.6) is 0 Å². The molecular formula is C7H6NO4+. The van der Waals surface area contributed by atoms with Crippen LogP contribution in [0.4, 0.5) is 0 Å². The molecule has 0 aromatic heterocycles. The Balaban J connectivity index is 2.73.